The first-order valence-corrected chi connectivity index (χ1v) is 7.34. The number of halogens is 1. The quantitative estimate of drug-likeness (QED) is 0.922. The van der Waals surface area contributed by atoms with Crippen LogP contribution in [0.1, 0.15) is 37.9 Å². The third-order valence-electron chi connectivity index (χ3n) is 4.47. The van der Waals surface area contributed by atoms with Gasteiger partial charge in [-0.15, -0.1) is 0 Å². The van der Waals surface area contributed by atoms with Crippen molar-refractivity contribution in [2.24, 2.45) is 5.92 Å². The fourth-order valence-corrected chi connectivity index (χ4v) is 3.18. The lowest BCUT2D eigenvalue weighted by Gasteiger charge is -2.39. The molecule has 0 bridgehead atoms. The van der Waals surface area contributed by atoms with Crippen LogP contribution < -0.4 is 5.32 Å². The van der Waals surface area contributed by atoms with Crippen LogP contribution in [-0.4, -0.2) is 23.4 Å². The van der Waals surface area contributed by atoms with Gasteiger partial charge in [-0.2, -0.15) is 0 Å². The number of hydrogen-bond acceptors (Lipinski definition) is 2. The second-order valence-electron chi connectivity index (χ2n) is 5.57. The number of carbonyl (C=O) groups is 1. The first-order valence-electron chi connectivity index (χ1n) is 6.97. The van der Waals surface area contributed by atoms with Crippen LogP contribution in [-0.2, 0) is 4.79 Å². The van der Waals surface area contributed by atoms with Crippen molar-refractivity contribution in [3.8, 4) is 0 Å². The van der Waals surface area contributed by atoms with E-state index in [2.05, 4.69) is 12.2 Å². The third kappa shape index (κ3) is 2.37. The highest BCUT2D eigenvalue weighted by Gasteiger charge is 2.39. The lowest BCUT2D eigenvalue weighted by atomic mass is 9.79. The molecule has 1 aliphatic carbocycles. The van der Waals surface area contributed by atoms with Crippen molar-refractivity contribution >= 4 is 17.5 Å². The zero-order valence-electron chi connectivity index (χ0n) is 11.1. The Bertz CT molecular complexity index is 470. The van der Waals surface area contributed by atoms with Gasteiger partial charge < -0.3 is 4.90 Å². The maximum atomic E-state index is 12.1. The second kappa shape index (κ2) is 5.14. The number of nitrogens with one attached hydrogen (secondary N) is 1. The minimum atomic E-state index is 0.000340. The van der Waals surface area contributed by atoms with Crippen molar-refractivity contribution in [1.82, 2.24) is 10.2 Å². The van der Waals surface area contributed by atoms with Crippen LogP contribution in [0.5, 0.6) is 0 Å². The predicted molar refractivity (Wildman–Crippen MR) is 75.8 cm³/mol. The molecule has 0 spiro atoms. The van der Waals surface area contributed by atoms with Crippen molar-refractivity contribution in [2.45, 2.75) is 38.4 Å². The summed E-state index contributed by atoms with van der Waals surface area (Å²) < 4.78 is 0. The van der Waals surface area contributed by atoms with Crippen LogP contribution in [0.3, 0.4) is 0 Å². The van der Waals surface area contributed by atoms with Gasteiger partial charge in [0.2, 0.25) is 5.91 Å². The minimum Gasteiger partial charge on any atom is -0.319 e. The summed E-state index contributed by atoms with van der Waals surface area (Å²) in [5.74, 6) is 0.873. The molecule has 3 nitrogen and oxygen atoms in total. The molecule has 4 heteroatoms. The first kappa shape index (κ1) is 12.9. The zero-order valence-corrected chi connectivity index (χ0v) is 11.9. The van der Waals surface area contributed by atoms with Gasteiger partial charge in [0.25, 0.3) is 0 Å². The van der Waals surface area contributed by atoms with Crippen molar-refractivity contribution < 1.29 is 4.79 Å². The van der Waals surface area contributed by atoms with E-state index in [4.69, 9.17) is 11.6 Å². The van der Waals surface area contributed by atoms with Gasteiger partial charge in [-0.05, 0) is 43.4 Å². The summed E-state index contributed by atoms with van der Waals surface area (Å²) in [5, 5.41) is 4.04. The molecule has 102 valence electrons. The number of nitrogens with zero attached hydrogens (tertiary/aromatic N) is 1. The van der Waals surface area contributed by atoms with Crippen LogP contribution in [0.25, 0.3) is 0 Å². The van der Waals surface area contributed by atoms with E-state index in [1.807, 2.05) is 29.2 Å². The second-order valence-corrected chi connectivity index (χ2v) is 6.00. The molecule has 2 aliphatic rings. The summed E-state index contributed by atoms with van der Waals surface area (Å²) in [6, 6.07) is 8.08. The Morgan fingerprint density at radius 3 is 2.58 bits per heavy atom. The average molecular weight is 279 g/mol. The van der Waals surface area contributed by atoms with Crippen molar-refractivity contribution in [3.05, 3.63) is 34.9 Å². The van der Waals surface area contributed by atoms with E-state index in [1.165, 1.54) is 19.3 Å². The highest BCUT2D eigenvalue weighted by atomic mass is 35.5. The average Bonchev–Trinajstić information content (AvgIpc) is 2.70. The molecule has 2 atom stereocenters. The molecular weight excluding hydrogens is 260 g/mol. The fraction of sp³-hybridized carbons (Fsp3) is 0.533. The Morgan fingerprint density at radius 1 is 1.32 bits per heavy atom. The molecule has 1 saturated heterocycles. The van der Waals surface area contributed by atoms with Crippen LogP contribution in [0, 0.1) is 5.92 Å². The SMILES string of the molecule is CC(C1CCC1)N1C(=O)CNC1c1ccc(Cl)cc1. The first-order chi connectivity index (χ1) is 9.16. The van der Waals surface area contributed by atoms with Crippen LogP contribution >= 0.6 is 11.6 Å². The lowest BCUT2D eigenvalue weighted by molar-refractivity contribution is -0.131. The normalized spacial score (nSPS) is 25.5. The van der Waals surface area contributed by atoms with E-state index < -0.39 is 0 Å². The van der Waals surface area contributed by atoms with E-state index in [0.29, 0.717) is 18.5 Å². The summed E-state index contributed by atoms with van der Waals surface area (Å²) >= 11 is 5.93. The summed E-state index contributed by atoms with van der Waals surface area (Å²) in [4.78, 5) is 14.2. The Morgan fingerprint density at radius 2 is 2.00 bits per heavy atom. The molecule has 2 unspecified atom stereocenters. The van der Waals surface area contributed by atoms with Crippen molar-refractivity contribution in [3.63, 3.8) is 0 Å². The van der Waals surface area contributed by atoms with Gasteiger partial charge in [0, 0.05) is 11.1 Å². The van der Waals surface area contributed by atoms with Crippen LogP contribution in [0.2, 0.25) is 5.02 Å². The predicted octanol–water partition coefficient (Wildman–Crippen LogP) is 2.96. The molecular formula is C15H19ClN2O. The van der Waals surface area contributed by atoms with Gasteiger partial charge >= 0.3 is 0 Å². The van der Waals surface area contributed by atoms with E-state index >= 15 is 0 Å². The molecule has 19 heavy (non-hydrogen) atoms. The maximum Gasteiger partial charge on any atom is 0.238 e. The van der Waals surface area contributed by atoms with Crippen molar-refractivity contribution in [2.75, 3.05) is 6.54 Å². The molecule has 0 radical (unpaired) electrons. The minimum absolute atomic E-state index is 0.000340. The van der Waals surface area contributed by atoms with E-state index in [0.717, 1.165) is 10.6 Å². The highest BCUT2D eigenvalue weighted by molar-refractivity contribution is 6.30. The summed E-state index contributed by atoms with van der Waals surface area (Å²) in [6.45, 7) is 2.61. The van der Waals surface area contributed by atoms with Gasteiger partial charge in [0.05, 0.1) is 6.54 Å². The zero-order chi connectivity index (χ0) is 13.4. The Balaban J connectivity index is 1.83. The lowest BCUT2D eigenvalue weighted by Crippen LogP contribution is -2.44. The Hall–Kier alpha value is -1.06. The van der Waals surface area contributed by atoms with E-state index in [-0.39, 0.29) is 12.1 Å². The fourth-order valence-electron chi connectivity index (χ4n) is 3.05. The molecule has 1 heterocycles. The Labute approximate surface area is 118 Å². The largest absolute Gasteiger partial charge is 0.319 e. The number of hydrogen-bond donors (Lipinski definition) is 1. The molecule has 2 fully saturated rings. The third-order valence-corrected chi connectivity index (χ3v) is 4.72. The molecule has 1 amide bonds. The maximum absolute atomic E-state index is 12.1. The van der Waals surface area contributed by atoms with Gasteiger partial charge in [0.1, 0.15) is 6.17 Å². The van der Waals surface area contributed by atoms with Crippen molar-refractivity contribution in [1.29, 1.82) is 0 Å². The summed E-state index contributed by atoms with van der Waals surface area (Å²) in [7, 11) is 0. The molecule has 1 aliphatic heterocycles. The molecule has 1 saturated carbocycles. The number of carbonyl (C=O) groups excluding carboxylic acids is 1. The van der Waals surface area contributed by atoms with Crippen LogP contribution in [0.4, 0.5) is 0 Å². The number of rotatable bonds is 3. The van der Waals surface area contributed by atoms with E-state index in [1.54, 1.807) is 0 Å². The molecule has 1 N–H and O–H groups in total. The van der Waals surface area contributed by atoms with E-state index in [9.17, 15) is 4.79 Å². The monoisotopic (exact) mass is 278 g/mol. The molecule has 3 rings (SSSR count). The summed E-state index contributed by atoms with van der Waals surface area (Å²) in [6.07, 6.45) is 3.80. The topological polar surface area (TPSA) is 32.3 Å². The van der Waals surface area contributed by atoms with Gasteiger partial charge in [0.15, 0.2) is 0 Å². The smallest absolute Gasteiger partial charge is 0.238 e. The summed E-state index contributed by atoms with van der Waals surface area (Å²) in [5.41, 5.74) is 1.11. The number of benzene rings is 1. The standard InChI is InChI=1S/C15H19ClN2O/c1-10(11-3-2-4-11)18-14(19)9-17-15(18)12-5-7-13(16)8-6-12/h5-8,10-11,15,17H,2-4,9H2,1H3. The van der Waals surface area contributed by atoms with Gasteiger partial charge in [-0.3, -0.25) is 10.1 Å². The van der Waals surface area contributed by atoms with Gasteiger partial charge in [-0.25, -0.2) is 0 Å². The van der Waals surface area contributed by atoms with Crippen LogP contribution in [0.15, 0.2) is 24.3 Å². The number of amides is 1. The highest BCUT2D eigenvalue weighted by Crippen LogP contribution is 2.36. The molecule has 0 aromatic heterocycles. The molecule has 1 aromatic rings. The van der Waals surface area contributed by atoms with Gasteiger partial charge in [-0.1, -0.05) is 30.2 Å². The Kier molecular flexibility index (Phi) is 3.50. The molecule has 1 aromatic carbocycles.